The number of hydrogen-bond donors (Lipinski definition) is 1. The molecule has 0 saturated carbocycles. The van der Waals surface area contributed by atoms with Gasteiger partial charge in [0.05, 0.1) is 0 Å². The second kappa shape index (κ2) is 9.62. The SMILES string of the molecule is CC.O=C1OC2(c3ccc(O)cc3Oc3cc(OC(=S)S[S][Pb])ccc32)c2ccccc21. The number of aromatic hydroxyl groups is 1. The minimum atomic E-state index is -1.16. The third-order valence-electron chi connectivity index (χ3n) is 4.98. The van der Waals surface area contributed by atoms with Crippen LogP contribution in [-0.4, -0.2) is 39.7 Å². The van der Waals surface area contributed by atoms with Crippen LogP contribution in [0.1, 0.15) is 40.9 Å². The number of hydrogen-bond acceptors (Lipinski definition) is 8. The molecule has 5 nitrogen and oxygen atoms in total. The molecule has 0 fully saturated rings. The minimum absolute atomic E-state index is 0.0547. The van der Waals surface area contributed by atoms with E-state index in [1.807, 2.05) is 32.0 Å². The summed E-state index contributed by atoms with van der Waals surface area (Å²) in [4.78, 5) is 12.8. The monoisotopic (exact) mass is 677 g/mol. The molecule has 3 aromatic rings. The Hall–Kier alpha value is -1.76. The number of ether oxygens (including phenoxy) is 3. The molecule has 1 atom stereocenters. The number of fused-ring (bicyclic) bond motifs is 6. The first-order valence-corrected chi connectivity index (χ1v) is 17.1. The van der Waals surface area contributed by atoms with Crippen LogP contribution in [0.2, 0.25) is 0 Å². The molecule has 0 amide bonds. The standard InChI is InChI=1S/C21H12O5S3.C2H6.Pb/c22-11-5-7-15-17(9-11)25-18-10-12(24-20(27)29-28)6-8-16(18)21(15)14-4-2-1-3-13(14)19(23)26-21;1-2;/h1-10,22,28H;1-2H3;/q;;+1/p-1. The van der Waals surface area contributed by atoms with Crippen LogP contribution in [0.5, 0.6) is 23.0 Å². The van der Waals surface area contributed by atoms with Gasteiger partial charge in [-0.05, 0) is 0 Å². The molecule has 32 heavy (non-hydrogen) atoms. The van der Waals surface area contributed by atoms with E-state index < -0.39 is 11.6 Å². The maximum absolute atomic E-state index is 12.8. The Kier molecular flexibility index (Phi) is 7.03. The predicted molar refractivity (Wildman–Crippen MR) is 132 cm³/mol. The molecule has 2 heterocycles. The Morgan fingerprint density at radius 1 is 1.03 bits per heavy atom. The Balaban J connectivity index is 0.00000119. The third kappa shape index (κ3) is 3.91. The number of carbonyl (C=O) groups excluding carboxylic acids is 1. The Morgan fingerprint density at radius 2 is 1.72 bits per heavy atom. The van der Waals surface area contributed by atoms with Crippen molar-refractivity contribution in [3.8, 4) is 23.0 Å². The zero-order valence-electron chi connectivity index (χ0n) is 17.1. The number of phenols is 1. The second-order valence-electron chi connectivity index (χ2n) is 6.58. The van der Waals surface area contributed by atoms with E-state index in [2.05, 4.69) is 0 Å². The second-order valence-corrected chi connectivity index (χ2v) is 14.7. The van der Waals surface area contributed by atoms with E-state index in [1.165, 1.54) is 16.9 Å². The van der Waals surface area contributed by atoms with Crippen molar-refractivity contribution in [2.75, 3.05) is 0 Å². The Morgan fingerprint density at radius 3 is 2.47 bits per heavy atom. The van der Waals surface area contributed by atoms with Crippen LogP contribution in [0.15, 0.2) is 60.7 Å². The first-order valence-electron chi connectivity index (χ1n) is 9.73. The number of rotatable bonds is 2. The van der Waals surface area contributed by atoms with Crippen LogP contribution >= 0.6 is 30.4 Å². The first kappa shape index (κ1) is 23.4. The van der Waals surface area contributed by atoms with Gasteiger partial charge >= 0.3 is 195 Å². The van der Waals surface area contributed by atoms with Gasteiger partial charge in [0, 0.05) is 0 Å². The fourth-order valence-corrected chi connectivity index (χ4v) is 9.52. The predicted octanol–water partition coefficient (Wildman–Crippen LogP) is 6.12. The molecule has 2 aliphatic heterocycles. The van der Waals surface area contributed by atoms with Crippen LogP contribution < -0.4 is 9.47 Å². The summed E-state index contributed by atoms with van der Waals surface area (Å²) >= 11 is 6.18. The summed E-state index contributed by atoms with van der Waals surface area (Å²) in [5, 5.41) is 10.0. The summed E-state index contributed by atoms with van der Waals surface area (Å²) in [6.45, 7) is 4.00. The topological polar surface area (TPSA) is 65.0 Å². The number of phenolic OH excluding ortho intramolecular Hbond substituents is 1. The number of esters is 1. The zero-order valence-corrected chi connectivity index (χ0v) is 23.4. The van der Waals surface area contributed by atoms with E-state index in [1.54, 1.807) is 43.7 Å². The quantitative estimate of drug-likeness (QED) is 0.151. The summed E-state index contributed by atoms with van der Waals surface area (Å²) in [7, 11) is 3.04. The summed E-state index contributed by atoms with van der Waals surface area (Å²) in [6, 6.07) is 17.4. The first-order chi connectivity index (χ1) is 15.5. The van der Waals surface area contributed by atoms with Crippen molar-refractivity contribution in [3.63, 3.8) is 0 Å². The fraction of sp³-hybridized carbons (Fsp3) is 0.130. The van der Waals surface area contributed by atoms with Gasteiger partial charge in [0.1, 0.15) is 0 Å². The third-order valence-corrected chi connectivity index (χ3v) is 9.55. The van der Waals surface area contributed by atoms with E-state index in [0.29, 0.717) is 38.3 Å². The van der Waals surface area contributed by atoms with Gasteiger partial charge < -0.3 is 0 Å². The Labute approximate surface area is 213 Å². The van der Waals surface area contributed by atoms with Gasteiger partial charge in [-0.3, -0.25) is 0 Å². The molecule has 9 heteroatoms. The molecule has 3 radical (unpaired) electrons. The van der Waals surface area contributed by atoms with Crippen molar-refractivity contribution in [3.05, 3.63) is 82.9 Å². The molecule has 3 aromatic carbocycles. The number of benzene rings is 3. The van der Waals surface area contributed by atoms with Crippen molar-refractivity contribution in [1.29, 1.82) is 0 Å². The average molecular weight is 677 g/mol. The van der Waals surface area contributed by atoms with Crippen molar-refractivity contribution in [2.24, 2.45) is 0 Å². The van der Waals surface area contributed by atoms with Crippen LogP contribution in [0.4, 0.5) is 0 Å². The number of carbonyl (C=O) groups is 1. The van der Waals surface area contributed by atoms with Gasteiger partial charge in [-0.1, -0.05) is 19.9 Å². The molecule has 1 N–H and O–H groups in total. The van der Waals surface area contributed by atoms with Crippen molar-refractivity contribution < 1.29 is 24.1 Å². The van der Waals surface area contributed by atoms with Crippen LogP contribution in [0.25, 0.3) is 0 Å². The summed E-state index contributed by atoms with van der Waals surface area (Å²) in [5.74, 6) is 1.06. The molecule has 0 aliphatic carbocycles. The summed E-state index contributed by atoms with van der Waals surface area (Å²) in [6.07, 6.45) is 0. The number of thiocarbonyl (C=S) groups is 1. The van der Waals surface area contributed by atoms with Gasteiger partial charge in [-0.2, -0.15) is 0 Å². The molecule has 5 rings (SSSR count). The van der Waals surface area contributed by atoms with Gasteiger partial charge in [0.2, 0.25) is 0 Å². The van der Waals surface area contributed by atoms with Crippen molar-refractivity contribution in [2.45, 2.75) is 19.4 Å². The van der Waals surface area contributed by atoms with E-state index >= 15 is 0 Å². The molecule has 1 unspecified atom stereocenters. The molecule has 0 saturated heterocycles. The van der Waals surface area contributed by atoms with E-state index in [0.717, 1.165) is 29.8 Å². The van der Waals surface area contributed by atoms with E-state index in [-0.39, 0.29) is 5.75 Å². The molecule has 2 aliphatic rings. The van der Waals surface area contributed by atoms with Gasteiger partial charge in [0.15, 0.2) is 0 Å². The molecular formula is C23H17O5PbS3. The van der Waals surface area contributed by atoms with Crippen LogP contribution in [0, 0.1) is 0 Å². The molecule has 161 valence electrons. The van der Waals surface area contributed by atoms with E-state index in [4.69, 9.17) is 26.4 Å². The normalized spacial score (nSPS) is 17.2. The molecule has 0 bridgehead atoms. The van der Waals surface area contributed by atoms with Crippen molar-refractivity contribution >= 4 is 65.0 Å². The zero-order chi connectivity index (χ0) is 22.9. The molecule has 0 aromatic heterocycles. The van der Waals surface area contributed by atoms with Gasteiger partial charge in [-0.15, -0.1) is 0 Å². The average Bonchev–Trinajstić information content (AvgIpc) is 3.08. The van der Waals surface area contributed by atoms with Crippen molar-refractivity contribution in [1.82, 2.24) is 0 Å². The van der Waals surface area contributed by atoms with E-state index in [9.17, 15) is 9.90 Å². The maximum atomic E-state index is 12.8. The molecular weight excluding hydrogens is 660 g/mol. The summed E-state index contributed by atoms with van der Waals surface area (Å²) in [5.41, 5.74) is 1.41. The summed E-state index contributed by atoms with van der Waals surface area (Å²) < 4.78 is 18.3. The van der Waals surface area contributed by atoms with Gasteiger partial charge in [-0.25, -0.2) is 0 Å². The van der Waals surface area contributed by atoms with Gasteiger partial charge in [0.25, 0.3) is 0 Å². The molecule has 1 spiro atoms. The Bertz CT molecular complexity index is 1220. The van der Waals surface area contributed by atoms with Crippen LogP contribution in [-0.2, 0) is 10.3 Å². The van der Waals surface area contributed by atoms with Crippen LogP contribution in [0.3, 0.4) is 0 Å². The fourth-order valence-electron chi connectivity index (χ4n) is 3.86.